The highest BCUT2D eigenvalue weighted by atomic mass is 32.1. The third-order valence-corrected chi connectivity index (χ3v) is 9.23. The Bertz CT molecular complexity index is 1530. The number of amidine groups is 1. The smallest absolute Gasteiger partial charge is 0.250 e. The van der Waals surface area contributed by atoms with Crippen LogP contribution in [0.1, 0.15) is 36.4 Å². The molecule has 2 atom stereocenters. The van der Waals surface area contributed by atoms with Gasteiger partial charge in [0, 0.05) is 37.8 Å². The van der Waals surface area contributed by atoms with Crippen molar-refractivity contribution < 1.29 is 9.18 Å². The van der Waals surface area contributed by atoms with Crippen molar-refractivity contribution in [1.29, 1.82) is 0 Å². The quantitative estimate of drug-likeness (QED) is 0.392. The van der Waals surface area contributed by atoms with Gasteiger partial charge in [0.25, 0.3) is 0 Å². The van der Waals surface area contributed by atoms with Crippen LogP contribution in [-0.4, -0.2) is 85.1 Å². The number of azo groups is 1. The second kappa shape index (κ2) is 11.4. The molecule has 3 aromatic carbocycles. The van der Waals surface area contributed by atoms with Gasteiger partial charge in [-0.1, -0.05) is 36.4 Å². The summed E-state index contributed by atoms with van der Waals surface area (Å²) in [7, 11) is 3.96. The number of nitrogens with zero attached hydrogens (tertiary/aromatic N) is 7. The van der Waals surface area contributed by atoms with Crippen molar-refractivity contribution in [3.05, 3.63) is 77.6 Å². The summed E-state index contributed by atoms with van der Waals surface area (Å²) >= 11 is 0. The summed E-state index contributed by atoms with van der Waals surface area (Å²) in [6, 6.07) is 20.2. The Morgan fingerprint density at radius 2 is 1.76 bits per heavy atom. The number of likely N-dealkylation sites (tertiary alicyclic amines) is 1. The van der Waals surface area contributed by atoms with Crippen LogP contribution in [0.5, 0.6) is 0 Å². The summed E-state index contributed by atoms with van der Waals surface area (Å²) in [6.45, 7) is 3.37. The summed E-state index contributed by atoms with van der Waals surface area (Å²) in [6.07, 6.45) is 2.86. The van der Waals surface area contributed by atoms with Gasteiger partial charge in [-0.05, 0) is 79.5 Å². The number of hydrogen-bond donors (Lipinski definition) is 0. The number of likely N-dealkylation sites (N-methyl/N-ethyl adjacent to an activating group) is 1. The van der Waals surface area contributed by atoms with E-state index in [1.54, 1.807) is 12.1 Å². The number of piperidine rings is 1. The summed E-state index contributed by atoms with van der Waals surface area (Å²) in [4.78, 5) is 27.6. The van der Waals surface area contributed by atoms with Crippen LogP contribution in [0, 0.1) is 5.82 Å². The van der Waals surface area contributed by atoms with E-state index in [0.29, 0.717) is 32.2 Å². The molecule has 4 aliphatic rings. The summed E-state index contributed by atoms with van der Waals surface area (Å²) in [5.74, 6) is 0.618. The third kappa shape index (κ3) is 4.99. The van der Waals surface area contributed by atoms with Crippen molar-refractivity contribution in [2.45, 2.75) is 43.4 Å². The lowest BCUT2D eigenvalue weighted by atomic mass is 9.84. The van der Waals surface area contributed by atoms with Gasteiger partial charge in [0.1, 0.15) is 11.4 Å². The fourth-order valence-corrected chi connectivity index (χ4v) is 7.24. The van der Waals surface area contributed by atoms with E-state index in [2.05, 4.69) is 61.4 Å². The molecule has 42 heavy (non-hydrogen) atoms. The van der Waals surface area contributed by atoms with Crippen LogP contribution >= 0.6 is 13.5 Å². The molecule has 8 nitrogen and oxygen atoms in total. The largest absolute Gasteiger partial charge is 0.339 e. The first kappa shape index (κ1) is 28.8. The van der Waals surface area contributed by atoms with Gasteiger partial charge in [0.05, 0.1) is 13.2 Å². The lowest BCUT2D eigenvalue weighted by Crippen LogP contribution is -2.57. The number of aliphatic imine (C=N–C) groups is 1. The first-order chi connectivity index (χ1) is 19.9. The first-order valence-electron chi connectivity index (χ1n) is 14.6. The van der Waals surface area contributed by atoms with Gasteiger partial charge in [-0.3, -0.25) is 9.69 Å². The van der Waals surface area contributed by atoms with E-state index in [4.69, 9.17) is 0 Å². The van der Waals surface area contributed by atoms with E-state index in [1.807, 2.05) is 23.9 Å². The van der Waals surface area contributed by atoms with Gasteiger partial charge in [-0.25, -0.2) is 9.38 Å². The predicted octanol–water partition coefficient (Wildman–Crippen LogP) is 4.97. The zero-order valence-corrected chi connectivity index (χ0v) is 25.2. The Labute approximate surface area is 253 Å². The number of carbonyl (C=O) groups is 1. The van der Waals surface area contributed by atoms with Crippen LogP contribution < -0.4 is 4.90 Å². The molecule has 0 saturated carbocycles. The third-order valence-electron chi connectivity index (χ3n) is 9.23. The highest BCUT2D eigenvalue weighted by Crippen LogP contribution is 2.45. The van der Waals surface area contributed by atoms with Crippen LogP contribution in [0.4, 0.5) is 10.1 Å². The number of halogens is 1. The molecule has 0 bridgehead atoms. The van der Waals surface area contributed by atoms with Crippen LogP contribution in [0.25, 0.3) is 10.8 Å². The topological polar surface area (TPSA) is 67.1 Å². The lowest BCUT2D eigenvalue weighted by molar-refractivity contribution is -0.133. The van der Waals surface area contributed by atoms with E-state index in [0.717, 1.165) is 43.9 Å². The zero-order chi connectivity index (χ0) is 28.1. The summed E-state index contributed by atoms with van der Waals surface area (Å²) < 4.78 is 13.9. The van der Waals surface area contributed by atoms with Crippen molar-refractivity contribution in [3.8, 4) is 0 Å². The monoisotopic (exact) mass is 587 g/mol. The Hall–Kier alpha value is -3.34. The minimum Gasteiger partial charge on any atom is -0.339 e. The molecule has 1 spiro atoms. The molecule has 3 aromatic rings. The zero-order valence-electron chi connectivity index (χ0n) is 24.2. The predicted molar refractivity (Wildman–Crippen MR) is 169 cm³/mol. The second-order valence-electron chi connectivity index (χ2n) is 12.0. The van der Waals surface area contributed by atoms with Crippen LogP contribution in [0.2, 0.25) is 0 Å². The molecule has 0 N–H and O–H groups in total. The minimum absolute atomic E-state index is 0. The molecule has 3 aliphatic heterocycles. The Morgan fingerprint density at radius 3 is 2.50 bits per heavy atom. The molecule has 220 valence electrons. The molecule has 1 amide bonds. The Kier molecular flexibility index (Phi) is 7.80. The fraction of sp³-hybridized carbons (Fsp3) is 0.438. The number of hydrogen-bond acceptors (Lipinski definition) is 7. The molecular formula is C32H38FN7OS. The van der Waals surface area contributed by atoms with E-state index in [9.17, 15) is 9.18 Å². The van der Waals surface area contributed by atoms with Gasteiger partial charge < -0.3 is 14.7 Å². The summed E-state index contributed by atoms with van der Waals surface area (Å²) in [5, 5.41) is 11.3. The minimum atomic E-state index is -0.637. The Balaban J connectivity index is 0.00000316. The average Bonchev–Trinajstić information content (AvgIpc) is 3.65. The molecule has 2 saturated heterocycles. The van der Waals surface area contributed by atoms with Gasteiger partial charge in [-0.15, -0.1) is 5.11 Å². The highest BCUT2D eigenvalue weighted by molar-refractivity contribution is 7.59. The molecule has 2 fully saturated rings. The van der Waals surface area contributed by atoms with Crippen molar-refractivity contribution >= 4 is 41.7 Å². The number of benzene rings is 3. The first-order valence-corrected chi connectivity index (χ1v) is 14.6. The number of carbonyl (C=O) groups excluding carboxylic acids is 1. The van der Waals surface area contributed by atoms with Gasteiger partial charge in [0.15, 0.2) is 12.0 Å². The van der Waals surface area contributed by atoms with E-state index >= 15 is 0 Å². The maximum absolute atomic E-state index is 14.2. The Morgan fingerprint density at radius 1 is 1.02 bits per heavy atom. The van der Waals surface area contributed by atoms with Crippen LogP contribution in [0.3, 0.4) is 0 Å². The van der Waals surface area contributed by atoms with Crippen LogP contribution in [0.15, 0.2) is 75.9 Å². The van der Waals surface area contributed by atoms with Crippen molar-refractivity contribution in [3.63, 3.8) is 0 Å². The van der Waals surface area contributed by atoms with Gasteiger partial charge >= 0.3 is 0 Å². The standard InChI is InChI=1S/C32H36FN7O.H2S/c1-37(2)20-29-34-28(35-36-29)13-16-39-21-40(25-11-9-24(33)10-12-25)32(31(39)41)14-17-38(18-15-32)27-19-23-7-3-5-22-6-4-8-26(27)30(22)23;/h3-12,27-28H,13-21H2,1-2H3;1H2/t27-,28?;/m0./s1. The van der Waals surface area contributed by atoms with Crippen molar-refractivity contribution in [2.24, 2.45) is 15.2 Å². The fourth-order valence-electron chi connectivity index (χ4n) is 7.24. The molecule has 1 aliphatic carbocycles. The number of rotatable bonds is 7. The number of amides is 1. The molecule has 1 unspecified atom stereocenters. The normalized spacial score (nSPS) is 23.0. The SMILES string of the molecule is CN(C)CC1=NC(CCN2CN(c3ccc(F)cc3)C3(CCN([C@H]4Cc5cccc6cccc4c56)CC3)C2=O)N=N1.S. The highest BCUT2D eigenvalue weighted by Gasteiger charge is 2.54. The van der Waals surface area contributed by atoms with E-state index in [1.165, 1.54) is 34.0 Å². The molecule has 7 rings (SSSR count). The maximum atomic E-state index is 14.2. The molecule has 0 aromatic heterocycles. The van der Waals surface area contributed by atoms with E-state index in [-0.39, 0.29) is 31.4 Å². The summed E-state index contributed by atoms with van der Waals surface area (Å²) in [5.41, 5.74) is 3.08. The van der Waals surface area contributed by atoms with Crippen molar-refractivity contribution in [2.75, 3.05) is 51.8 Å². The van der Waals surface area contributed by atoms with Crippen molar-refractivity contribution in [1.82, 2.24) is 14.7 Å². The second-order valence-corrected chi connectivity index (χ2v) is 12.0. The maximum Gasteiger partial charge on any atom is 0.250 e. The average molecular weight is 588 g/mol. The molecule has 10 heteroatoms. The van der Waals surface area contributed by atoms with Crippen LogP contribution in [-0.2, 0) is 11.2 Å². The van der Waals surface area contributed by atoms with Gasteiger partial charge in [-0.2, -0.15) is 18.6 Å². The van der Waals surface area contributed by atoms with Gasteiger partial charge in [0.2, 0.25) is 5.91 Å². The molecule has 0 radical (unpaired) electrons. The van der Waals surface area contributed by atoms with E-state index < -0.39 is 5.54 Å². The molecule has 3 heterocycles. The number of anilines is 1. The molecular weight excluding hydrogens is 549 g/mol. The lowest BCUT2D eigenvalue weighted by Gasteiger charge is -2.45.